The van der Waals surface area contributed by atoms with E-state index in [2.05, 4.69) is 34.2 Å². The lowest BCUT2D eigenvalue weighted by molar-refractivity contribution is -0.143. The molecule has 1 aromatic heterocycles. The number of carbonyl (C=O) groups excluding carboxylic acids is 2. The van der Waals surface area contributed by atoms with Gasteiger partial charge in [0.15, 0.2) is 0 Å². The molecular formula is C28H29N3O4S. The number of aliphatic imine (C=N–C) groups is 1. The molecule has 2 atom stereocenters. The predicted octanol–water partition coefficient (Wildman–Crippen LogP) is 5.34. The van der Waals surface area contributed by atoms with Crippen molar-refractivity contribution in [3.63, 3.8) is 0 Å². The van der Waals surface area contributed by atoms with E-state index in [4.69, 9.17) is 14.5 Å². The molecule has 2 heterocycles. The predicted molar refractivity (Wildman–Crippen MR) is 143 cm³/mol. The Bertz CT molecular complexity index is 1360. The smallest absolute Gasteiger partial charge is 0.336 e. The van der Waals surface area contributed by atoms with E-state index >= 15 is 0 Å². The second-order valence-corrected chi connectivity index (χ2v) is 9.69. The summed E-state index contributed by atoms with van der Waals surface area (Å²) in [6.45, 7) is 3.54. The van der Waals surface area contributed by atoms with Crippen molar-refractivity contribution in [3.05, 3.63) is 70.7 Å². The van der Waals surface area contributed by atoms with Crippen LogP contribution in [0.1, 0.15) is 25.3 Å². The summed E-state index contributed by atoms with van der Waals surface area (Å²) in [5, 5.41) is 2.88. The molecule has 3 aromatic rings. The number of nitrogens with zero attached hydrogens (tertiary/aromatic N) is 3. The maximum atomic E-state index is 12.8. The Balaban J connectivity index is 1.74. The van der Waals surface area contributed by atoms with E-state index in [0.29, 0.717) is 17.0 Å². The summed E-state index contributed by atoms with van der Waals surface area (Å²) in [6.07, 6.45) is 0. The van der Waals surface area contributed by atoms with E-state index in [1.165, 1.54) is 14.2 Å². The Morgan fingerprint density at radius 1 is 0.972 bits per heavy atom. The van der Waals surface area contributed by atoms with Gasteiger partial charge in [-0.15, -0.1) is 11.3 Å². The van der Waals surface area contributed by atoms with Crippen LogP contribution in [0.4, 0.5) is 5.69 Å². The van der Waals surface area contributed by atoms with Crippen molar-refractivity contribution in [2.75, 3.05) is 33.2 Å². The Morgan fingerprint density at radius 3 is 2.33 bits per heavy atom. The third-order valence-electron chi connectivity index (χ3n) is 6.37. The first-order valence-corrected chi connectivity index (χ1v) is 12.4. The van der Waals surface area contributed by atoms with Gasteiger partial charge in [0, 0.05) is 53.6 Å². The molecule has 2 unspecified atom stereocenters. The minimum absolute atomic E-state index is 0.358. The van der Waals surface area contributed by atoms with Crippen LogP contribution in [0, 0.1) is 5.92 Å². The van der Waals surface area contributed by atoms with Gasteiger partial charge < -0.3 is 14.4 Å². The van der Waals surface area contributed by atoms with E-state index in [9.17, 15) is 9.59 Å². The summed E-state index contributed by atoms with van der Waals surface area (Å²) in [6, 6.07) is 16.0. The fourth-order valence-corrected chi connectivity index (χ4v) is 5.37. The van der Waals surface area contributed by atoms with Crippen LogP contribution in [0.25, 0.3) is 21.8 Å². The van der Waals surface area contributed by atoms with Crippen LogP contribution in [-0.4, -0.2) is 50.9 Å². The number of rotatable bonds is 6. The highest BCUT2D eigenvalue weighted by atomic mass is 32.1. The number of aromatic nitrogens is 1. The number of esters is 2. The molecule has 0 radical (unpaired) electrons. The summed E-state index contributed by atoms with van der Waals surface area (Å²) in [5.41, 5.74) is 6.24. The summed E-state index contributed by atoms with van der Waals surface area (Å²) in [5.74, 6) is -2.27. The van der Waals surface area contributed by atoms with Crippen molar-refractivity contribution >= 4 is 34.7 Å². The average Bonchev–Trinajstić information content (AvgIpc) is 3.38. The molecule has 8 heteroatoms. The highest BCUT2D eigenvalue weighted by Gasteiger charge is 2.42. The molecule has 4 rings (SSSR count). The van der Waals surface area contributed by atoms with Crippen molar-refractivity contribution in [2.45, 2.75) is 19.8 Å². The zero-order valence-corrected chi connectivity index (χ0v) is 22.1. The number of methoxy groups -OCH3 is 2. The Kier molecular flexibility index (Phi) is 7.35. The van der Waals surface area contributed by atoms with Gasteiger partial charge in [-0.1, -0.05) is 30.3 Å². The number of allylic oxidation sites excluding steroid dienone is 1. The zero-order valence-electron chi connectivity index (χ0n) is 21.2. The monoisotopic (exact) mass is 503 g/mol. The highest BCUT2D eigenvalue weighted by molar-refractivity contribution is 7.13. The van der Waals surface area contributed by atoms with Crippen LogP contribution in [0.15, 0.2) is 70.2 Å². The minimum atomic E-state index is -0.731. The van der Waals surface area contributed by atoms with E-state index in [0.717, 1.165) is 33.1 Å². The number of anilines is 1. The number of hydrogen-bond donors (Lipinski definition) is 0. The number of benzene rings is 2. The summed E-state index contributed by atoms with van der Waals surface area (Å²) in [4.78, 5) is 37.0. The number of ether oxygens (including phenoxy) is 2. The molecule has 1 aliphatic rings. The van der Waals surface area contributed by atoms with Crippen molar-refractivity contribution in [2.24, 2.45) is 10.9 Å². The summed E-state index contributed by atoms with van der Waals surface area (Å²) < 4.78 is 10.2. The first kappa shape index (κ1) is 25.3. The first-order chi connectivity index (χ1) is 17.2. The molecule has 0 amide bonds. The Labute approximate surface area is 215 Å². The molecule has 0 aliphatic carbocycles. The zero-order chi connectivity index (χ0) is 26.0. The van der Waals surface area contributed by atoms with Gasteiger partial charge in [0.1, 0.15) is 10.9 Å². The summed E-state index contributed by atoms with van der Waals surface area (Å²) in [7, 11) is 6.69. The lowest BCUT2D eigenvalue weighted by Crippen LogP contribution is -2.36. The maximum absolute atomic E-state index is 12.8. The van der Waals surface area contributed by atoms with Gasteiger partial charge in [0.05, 0.1) is 25.5 Å². The van der Waals surface area contributed by atoms with E-state index in [1.807, 2.05) is 43.7 Å². The third kappa shape index (κ3) is 4.81. The van der Waals surface area contributed by atoms with E-state index < -0.39 is 23.8 Å². The van der Waals surface area contributed by atoms with Crippen molar-refractivity contribution in [3.8, 4) is 21.8 Å². The molecular weight excluding hydrogens is 474 g/mol. The molecule has 1 aliphatic heterocycles. The van der Waals surface area contributed by atoms with Crippen molar-refractivity contribution in [1.82, 2.24) is 4.98 Å². The van der Waals surface area contributed by atoms with Crippen LogP contribution < -0.4 is 4.90 Å². The number of hydrogen-bond acceptors (Lipinski definition) is 8. The Hall–Kier alpha value is -3.78. The minimum Gasteiger partial charge on any atom is -0.468 e. The SMILES string of the molecule is COC(=O)C1=C(C)N=C(C)C(C(=O)OC)C1c1cccc(-c2nc(-c3ccc(N(C)C)cc3)cs2)c1. The van der Waals surface area contributed by atoms with E-state index in [-0.39, 0.29) is 0 Å². The molecule has 0 saturated heterocycles. The molecule has 2 aromatic carbocycles. The van der Waals surface area contributed by atoms with Gasteiger partial charge >= 0.3 is 11.9 Å². The molecule has 7 nitrogen and oxygen atoms in total. The molecule has 0 spiro atoms. The van der Waals surface area contributed by atoms with Crippen molar-refractivity contribution in [1.29, 1.82) is 0 Å². The third-order valence-corrected chi connectivity index (χ3v) is 7.26. The van der Waals surface area contributed by atoms with Crippen molar-refractivity contribution < 1.29 is 19.1 Å². The lowest BCUT2D eigenvalue weighted by atomic mass is 9.75. The lowest BCUT2D eigenvalue weighted by Gasteiger charge is -2.31. The quantitative estimate of drug-likeness (QED) is 0.423. The molecule has 0 fully saturated rings. The van der Waals surface area contributed by atoms with Crippen LogP contribution >= 0.6 is 11.3 Å². The van der Waals surface area contributed by atoms with E-state index in [1.54, 1.807) is 25.2 Å². The van der Waals surface area contributed by atoms with Crippen LogP contribution in [0.2, 0.25) is 0 Å². The van der Waals surface area contributed by atoms with Gasteiger partial charge in [-0.2, -0.15) is 0 Å². The van der Waals surface area contributed by atoms with Gasteiger partial charge in [-0.25, -0.2) is 9.78 Å². The second kappa shape index (κ2) is 10.5. The standard InChI is InChI=1S/C28H29N3O4S/c1-16-23(27(32)34-5)25(24(17(2)29-16)28(33)35-6)19-8-7-9-20(14-19)26-30-22(15-36-26)18-10-12-21(13-11-18)31(3)4/h7-15,23,25H,1-6H3. The van der Waals surface area contributed by atoms with Gasteiger partial charge in [0.2, 0.25) is 0 Å². The molecule has 0 saturated carbocycles. The largest absolute Gasteiger partial charge is 0.468 e. The summed E-state index contributed by atoms with van der Waals surface area (Å²) >= 11 is 1.55. The van der Waals surface area contributed by atoms with Gasteiger partial charge in [-0.05, 0) is 37.6 Å². The maximum Gasteiger partial charge on any atom is 0.336 e. The van der Waals surface area contributed by atoms with Crippen LogP contribution in [0.5, 0.6) is 0 Å². The number of carbonyl (C=O) groups is 2. The fourth-order valence-electron chi connectivity index (χ4n) is 4.54. The molecule has 0 N–H and O–H groups in total. The van der Waals surface area contributed by atoms with Gasteiger partial charge in [-0.3, -0.25) is 9.79 Å². The fraction of sp³-hybridized carbons (Fsp3) is 0.286. The number of thiazole rings is 1. The highest BCUT2D eigenvalue weighted by Crippen LogP contribution is 2.41. The molecule has 36 heavy (non-hydrogen) atoms. The van der Waals surface area contributed by atoms with Crippen LogP contribution in [0.3, 0.4) is 0 Å². The second-order valence-electron chi connectivity index (χ2n) is 8.83. The average molecular weight is 504 g/mol. The van der Waals surface area contributed by atoms with Crippen LogP contribution in [-0.2, 0) is 19.1 Å². The topological polar surface area (TPSA) is 81.1 Å². The van der Waals surface area contributed by atoms with Gasteiger partial charge in [0.25, 0.3) is 0 Å². The molecule has 0 bridgehead atoms. The molecule has 186 valence electrons. The first-order valence-electron chi connectivity index (χ1n) is 11.5. The Morgan fingerprint density at radius 2 is 1.69 bits per heavy atom. The normalized spacial score (nSPS) is 17.4.